The van der Waals surface area contributed by atoms with Gasteiger partial charge in [-0.1, -0.05) is 28.4 Å². The molecule has 1 aliphatic heterocycles. The summed E-state index contributed by atoms with van der Waals surface area (Å²) in [5.74, 6) is 0. The van der Waals surface area contributed by atoms with Gasteiger partial charge in [0.05, 0.1) is 4.90 Å². The second-order valence-electron chi connectivity index (χ2n) is 4.87. The molecule has 2 rings (SSSR count). The Bertz CT molecular complexity index is 542. The lowest BCUT2D eigenvalue weighted by atomic mass is 10.1. The monoisotopic (exact) mass is 331 g/mol. The van der Waals surface area contributed by atoms with Crippen molar-refractivity contribution >= 4 is 26.0 Å². The van der Waals surface area contributed by atoms with Crippen molar-refractivity contribution in [1.29, 1.82) is 0 Å². The summed E-state index contributed by atoms with van der Waals surface area (Å²) >= 11 is 3.34. The van der Waals surface area contributed by atoms with Gasteiger partial charge < -0.3 is 0 Å². The van der Waals surface area contributed by atoms with E-state index in [9.17, 15) is 8.42 Å². The zero-order valence-corrected chi connectivity index (χ0v) is 13.1. The van der Waals surface area contributed by atoms with Crippen LogP contribution >= 0.6 is 15.9 Å². The standard InChI is InChI=1S/C13H18BrNO2S/c1-10-6-7-12(14)9-13(10)18(16,17)15-8-4-3-5-11(15)2/h6-7,9,11H,3-5,8H2,1-2H3/t11-/m1/s1. The number of nitrogens with zero attached hydrogens (tertiary/aromatic N) is 1. The van der Waals surface area contributed by atoms with Crippen molar-refractivity contribution in [2.45, 2.75) is 44.0 Å². The number of hydrogen-bond acceptors (Lipinski definition) is 2. The van der Waals surface area contributed by atoms with Crippen molar-refractivity contribution in [1.82, 2.24) is 4.31 Å². The first kappa shape index (κ1) is 14.0. The van der Waals surface area contributed by atoms with Crippen LogP contribution in [-0.4, -0.2) is 25.3 Å². The second kappa shape index (κ2) is 5.31. The zero-order valence-electron chi connectivity index (χ0n) is 10.7. The molecule has 1 aromatic carbocycles. The minimum atomic E-state index is -3.36. The highest BCUT2D eigenvalue weighted by atomic mass is 79.9. The number of benzene rings is 1. The molecule has 1 aromatic rings. The molecule has 0 radical (unpaired) electrons. The molecule has 1 fully saturated rings. The van der Waals surface area contributed by atoms with Crippen LogP contribution in [-0.2, 0) is 10.0 Å². The highest BCUT2D eigenvalue weighted by Gasteiger charge is 2.31. The van der Waals surface area contributed by atoms with Gasteiger partial charge in [-0.15, -0.1) is 0 Å². The average molecular weight is 332 g/mol. The smallest absolute Gasteiger partial charge is 0.207 e. The average Bonchev–Trinajstić information content (AvgIpc) is 2.32. The summed E-state index contributed by atoms with van der Waals surface area (Å²) in [6.45, 7) is 4.47. The number of halogens is 1. The fourth-order valence-corrected chi connectivity index (χ4v) is 4.87. The van der Waals surface area contributed by atoms with Gasteiger partial charge in [0, 0.05) is 17.1 Å². The summed E-state index contributed by atoms with van der Waals surface area (Å²) in [4.78, 5) is 0.422. The van der Waals surface area contributed by atoms with E-state index in [1.165, 1.54) is 0 Å². The highest BCUT2D eigenvalue weighted by molar-refractivity contribution is 9.10. The molecule has 0 spiro atoms. The lowest BCUT2D eigenvalue weighted by molar-refractivity contribution is 0.268. The number of sulfonamides is 1. The maximum absolute atomic E-state index is 12.7. The van der Waals surface area contributed by atoms with Crippen LogP contribution in [0.15, 0.2) is 27.6 Å². The van der Waals surface area contributed by atoms with Gasteiger partial charge in [-0.25, -0.2) is 8.42 Å². The Morgan fingerprint density at radius 3 is 2.72 bits per heavy atom. The van der Waals surface area contributed by atoms with Gasteiger partial charge in [0.2, 0.25) is 10.0 Å². The normalized spacial score (nSPS) is 22.1. The summed E-state index contributed by atoms with van der Waals surface area (Å²) in [5.41, 5.74) is 0.802. The molecule has 0 saturated carbocycles. The Labute approximate surface area is 117 Å². The molecule has 0 aliphatic carbocycles. The van der Waals surface area contributed by atoms with E-state index in [0.717, 1.165) is 29.3 Å². The van der Waals surface area contributed by atoms with E-state index in [1.807, 2.05) is 26.0 Å². The minimum absolute atomic E-state index is 0.0992. The van der Waals surface area contributed by atoms with Crippen molar-refractivity contribution in [2.24, 2.45) is 0 Å². The van der Waals surface area contributed by atoms with E-state index < -0.39 is 10.0 Å². The molecular weight excluding hydrogens is 314 g/mol. The predicted molar refractivity (Wildman–Crippen MR) is 76.1 cm³/mol. The van der Waals surface area contributed by atoms with Gasteiger partial charge >= 0.3 is 0 Å². The summed E-state index contributed by atoms with van der Waals surface area (Å²) < 4.78 is 27.8. The summed E-state index contributed by atoms with van der Waals surface area (Å²) in [6, 6.07) is 5.51. The van der Waals surface area contributed by atoms with E-state index in [-0.39, 0.29) is 6.04 Å². The van der Waals surface area contributed by atoms with Crippen LogP contribution in [0.25, 0.3) is 0 Å². The van der Waals surface area contributed by atoms with Gasteiger partial charge in [0.15, 0.2) is 0 Å². The number of hydrogen-bond donors (Lipinski definition) is 0. The molecule has 0 unspecified atom stereocenters. The third-order valence-electron chi connectivity index (χ3n) is 3.48. The molecule has 0 aromatic heterocycles. The van der Waals surface area contributed by atoms with Gasteiger partial charge in [0.25, 0.3) is 0 Å². The van der Waals surface area contributed by atoms with E-state index in [1.54, 1.807) is 10.4 Å². The summed E-state index contributed by atoms with van der Waals surface area (Å²) in [6.07, 6.45) is 3.02. The third-order valence-corrected chi connectivity index (χ3v) is 6.13. The molecule has 100 valence electrons. The Morgan fingerprint density at radius 2 is 2.06 bits per heavy atom. The van der Waals surface area contributed by atoms with Gasteiger partial charge in [-0.05, 0) is 44.4 Å². The molecule has 1 atom stereocenters. The number of rotatable bonds is 2. The second-order valence-corrected chi connectivity index (χ2v) is 7.65. The van der Waals surface area contributed by atoms with Crippen molar-refractivity contribution < 1.29 is 8.42 Å². The van der Waals surface area contributed by atoms with Crippen LogP contribution in [0.5, 0.6) is 0 Å². The fourth-order valence-electron chi connectivity index (χ4n) is 2.41. The van der Waals surface area contributed by atoms with Crippen LogP contribution in [0.4, 0.5) is 0 Å². The predicted octanol–water partition coefficient (Wildman–Crippen LogP) is 3.32. The van der Waals surface area contributed by atoms with Crippen molar-refractivity contribution in [3.63, 3.8) is 0 Å². The Morgan fingerprint density at radius 1 is 1.33 bits per heavy atom. The molecule has 1 heterocycles. The van der Waals surface area contributed by atoms with E-state index in [0.29, 0.717) is 11.4 Å². The largest absolute Gasteiger partial charge is 0.243 e. The third kappa shape index (κ3) is 2.63. The maximum atomic E-state index is 12.7. The van der Waals surface area contributed by atoms with Crippen LogP contribution in [0.3, 0.4) is 0 Å². The Balaban J connectivity index is 2.44. The van der Waals surface area contributed by atoms with E-state index >= 15 is 0 Å². The van der Waals surface area contributed by atoms with Gasteiger partial charge in [-0.3, -0.25) is 0 Å². The summed E-state index contributed by atoms with van der Waals surface area (Å²) in [7, 11) is -3.36. The molecule has 0 bridgehead atoms. The van der Waals surface area contributed by atoms with Crippen molar-refractivity contribution in [2.75, 3.05) is 6.54 Å². The SMILES string of the molecule is Cc1ccc(Br)cc1S(=O)(=O)N1CCCC[C@H]1C. The molecule has 0 amide bonds. The molecule has 1 saturated heterocycles. The lowest BCUT2D eigenvalue weighted by Gasteiger charge is -2.32. The van der Waals surface area contributed by atoms with Gasteiger partial charge in [-0.2, -0.15) is 4.31 Å². The zero-order chi connectivity index (χ0) is 13.3. The van der Waals surface area contributed by atoms with E-state index in [2.05, 4.69) is 15.9 Å². The van der Waals surface area contributed by atoms with Crippen LogP contribution in [0.2, 0.25) is 0 Å². The highest BCUT2D eigenvalue weighted by Crippen LogP contribution is 2.28. The van der Waals surface area contributed by atoms with Crippen molar-refractivity contribution in [3.8, 4) is 0 Å². The van der Waals surface area contributed by atoms with E-state index in [4.69, 9.17) is 0 Å². The lowest BCUT2D eigenvalue weighted by Crippen LogP contribution is -2.42. The van der Waals surface area contributed by atoms with Crippen LogP contribution < -0.4 is 0 Å². The Kier molecular flexibility index (Phi) is 4.14. The maximum Gasteiger partial charge on any atom is 0.243 e. The summed E-state index contributed by atoms with van der Waals surface area (Å²) in [5, 5.41) is 0. The first-order valence-corrected chi connectivity index (χ1v) is 8.44. The molecule has 5 heteroatoms. The quantitative estimate of drug-likeness (QED) is 0.833. The molecule has 0 N–H and O–H groups in total. The molecule has 3 nitrogen and oxygen atoms in total. The van der Waals surface area contributed by atoms with Crippen LogP contribution in [0.1, 0.15) is 31.7 Å². The number of piperidine rings is 1. The first-order chi connectivity index (χ1) is 8.43. The minimum Gasteiger partial charge on any atom is -0.207 e. The topological polar surface area (TPSA) is 37.4 Å². The van der Waals surface area contributed by atoms with Gasteiger partial charge in [0.1, 0.15) is 0 Å². The fraction of sp³-hybridized carbons (Fsp3) is 0.538. The number of aryl methyl sites for hydroxylation is 1. The molecule has 18 heavy (non-hydrogen) atoms. The van der Waals surface area contributed by atoms with Crippen molar-refractivity contribution in [3.05, 3.63) is 28.2 Å². The molecule has 1 aliphatic rings. The Hall–Kier alpha value is -0.390. The molecular formula is C13H18BrNO2S. The first-order valence-electron chi connectivity index (χ1n) is 6.21. The van der Waals surface area contributed by atoms with Crippen LogP contribution in [0, 0.1) is 6.92 Å².